The third-order valence-electron chi connectivity index (χ3n) is 3.56. The van der Waals surface area contributed by atoms with Crippen molar-refractivity contribution in [2.75, 3.05) is 44.6 Å². The summed E-state index contributed by atoms with van der Waals surface area (Å²) in [5.41, 5.74) is 6.76. The Hall–Kier alpha value is -1.66. The highest BCUT2D eigenvalue weighted by Gasteiger charge is 2.12. The van der Waals surface area contributed by atoms with E-state index in [2.05, 4.69) is 20.5 Å². The van der Waals surface area contributed by atoms with Gasteiger partial charge in [0.2, 0.25) is 0 Å². The zero-order valence-corrected chi connectivity index (χ0v) is 12.0. The molecule has 0 aromatic carbocycles. The number of nitrogens with zero attached hydrogens (tertiary/aromatic N) is 2. The number of hydrogen-bond acceptors (Lipinski definition) is 5. The molecule has 20 heavy (non-hydrogen) atoms. The van der Waals surface area contributed by atoms with Crippen LogP contribution in [0.3, 0.4) is 0 Å². The minimum absolute atomic E-state index is 0.430. The van der Waals surface area contributed by atoms with Gasteiger partial charge in [0.05, 0.1) is 5.56 Å². The van der Waals surface area contributed by atoms with Gasteiger partial charge in [-0.1, -0.05) is 0 Å². The number of pyridine rings is 1. The molecule has 0 saturated carbocycles. The number of aryl methyl sites for hydroxylation is 1. The maximum absolute atomic E-state index is 11.4. The number of carbonyl (C=O) groups excluding carboxylic acids is 1. The molecule has 6 nitrogen and oxygen atoms in total. The van der Waals surface area contributed by atoms with Gasteiger partial charge in [-0.25, -0.2) is 4.98 Å². The van der Waals surface area contributed by atoms with Crippen molar-refractivity contribution in [3.63, 3.8) is 0 Å². The lowest BCUT2D eigenvalue weighted by atomic mass is 10.1. The van der Waals surface area contributed by atoms with Crippen LogP contribution in [0.2, 0.25) is 0 Å². The van der Waals surface area contributed by atoms with Crippen molar-refractivity contribution in [1.82, 2.24) is 15.2 Å². The minimum atomic E-state index is -0.430. The van der Waals surface area contributed by atoms with E-state index in [9.17, 15) is 4.79 Å². The molecule has 4 N–H and O–H groups in total. The van der Waals surface area contributed by atoms with Gasteiger partial charge in [0.25, 0.3) is 5.91 Å². The summed E-state index contributed by atoms with van der Waals surface area (Å²) in [5, 5.41) is 6.56. The van der Waals surface area contributed by atoms with E-state index in [1.807, 2.05) is 6.92 Å². The van der Waals surface area contributed by atoms with E-state index in [-0.39, 0.29) is 0 Å². The maximum Gasteiger partial charge on any atom is 0.252 e. The van der Waals surface area contributed by atoms with Crippen LogP contribution < -0.4 is 16.4 Å². The first-order valence-corrected chi connectivity index (χ1v) is 7.11. The molecule has 1 saturated heterocycles. The molecule has 1 aromatic rings. The quantitative estimate of drug-likeness (QED) is 0.647. The normalized spacial score (nSPS) is 16.1. The van der Waals surface area contributed by atoms with Crippen LogP contribution in [0.25, 0.3) is 0 Å². The van der Waals surface area contributed by atoms with Crippen LogP contribution >= 0.6 is 0 Å². The summed E-state index contributed by atoms with van der Waals surface area (Å²) in [5.74, 6) is 0.165. The van der Waals surface area contributed by atoms with Gasteiger partial charge in [0.15, 0.2) is 0 Å². The molecule has 110 valence electrons. The number of amides is 1. The van der Waals surface area contributed by atoms with Crippen molar-refractivity contribution < 1.29 is 4.79 Å². The second-order valence-electron chi connectivity index (χ2n) is 5.09. The lowest BCUT2D eigenvalue weighted by Crippen LogP contribution is -2.44. The zero-order valence-electron chi connectivity index (χ0n) is 12.0. The number of anilines is 1. The first-order chi connectivity index (χ1) is 9.68. The molecular formula is C14H23N5O. The van der Waals surface area contributed by atoms with Gasteiger partial charge in [0.1, 0.15) is 5.82 Å². The van der Waals surface area contributed by atoms with E-state index < -0.39 is 5.91 Å². The van der Waals surface area contributed by atoms with Crippen LogP contribution in [0.4, 0.5) is 5.82 Å². The summed E-state index contributed by atoms with van der Waals surface area (Å²) in [7, 11) is 0. The Kier molecular flexibility index (Phi) is 5.31. The van der Waals surface area contributed by atoms with Gasteiger partial charge in [-0.15, -0.1) is 0 Å². The van der Waals surface area contributed by atoms with E-state index in [1.165, 1.54) is 0 Å². The van der Waals surface area contributed by atoms with Crippen LogP contribution in [-0.2, 0) is 0 Å². The molecule has 1 aromatic heterocycles. The summed E-state index contributed by atoms with van der Waals surface area (Å²) in [6.07, 6.45) is 2.72. The summed E-state index contributed by atoms with van der Waals surface area (Å²) >= 11 is 0. The topological polar surface area (TPSA) is 83.3 Å². The number of nitrogens with two attached hydrogens (primary N) is 1. The number of carbonyl (C=O) groups is 1. The van der Waals surface area contributed by atoms with E-state index in [0.29, 0.717) is 11.4 Å². The van der Waals surface area contributed by atoms with Crippen LogP contribution in [0.5, 0.6) is 0 Å². The van der Waals surface area contributed by atoms with Gasteiger partial charge in [0, 0.05) is 38.9 Å². The maximum atomic E-state index is 11.4. The van der Waals surface area contributed by atoms with Crippen molar-refractivity contribution in [2.45, 2.75) is 13.3 Å². The Balaban J connectivity index is 1.82. The average Bonchev–Trinajstić information content (AvgIpc) is 2.44. The summed E-state index contributed by atoms with van der Waals surface area (Å²) < 4.78 is 0. The highest BCUT2D eigenvalue weighted by atomic mass is 16.1. The highest BCUT2D eigenvalue weighted by Crippen LogP contribution is 2.15. The van der Waals surface area contributed by atoms with Crippen LogP contribution in [0, 0.1) is 6.92 Å². The second kappa shape index (κ2) is 7.21. The molecular weight excluding hydrogens is 254 g/mol. The Morgan fingerprint density at radius 3 is 2.95 bits per heavy atom. The summed E-state index contributed by atoms with van der Waals surface area (Å²) in [6.45, 7) is 8.07. The predicted octanol–water partition coefficient (Wildman–Crippen LogP) is 0.196. The number of nitrogens with one attached hydrogen (secondary N) is 2. The first kappa shape index (κ1) is 14.7. The summed E-state index contributed by atoms with van der Waals surface area (Å²) in [4.78, 5) is 18.1. The van der Waals surface area contributed by atoms with E-state index in [4.69, 9.17) is 5.73 Å². The Morgan fingerprint density at radius 2 is 2.25 bits per heavy atom. The fourth-order valence-electron chi connectivity index (χ4n) is 2.45. The van der Waals surface area contributed by atoms with E-state index in [1.54, 1.807) is 12.3 Å². The first-order valence-electron chi connectivity index (χ1n) is 7.11. The van der Waals surface area contributed by atoms with E-state index in [0.717, 1.165) is 51.3 Å². The van der Waals surface area contributed by atoms with Crippen LogP contribution in [-0.4, -0.2) is 55.1 Å². The second-order valence-corrected chi connectivity index (χ2v) is 5.09. The van der Waals surface area contributed by atoms with Gasteiger partial charge < -0.3 is 21.3 Å². The largest absolute Gasteiger partial charge is 0.369 e. The monoisotopic (exact) mass is 277 g/mol. The summed E-state index contributed by atoms with van der Waals surface area (Å²) in [6, 6.07) is 1.80. The molecule has 0 bridgehead atoms. The number of hydrogen-bond donors (Lipinski definition) is 3. The third-order valence-corrected chi connectivity index (χ3v) is 3.56. The molecule has 1 amide bonds. The molecule has 6 heteroatoms. The molecule has 0 radical (unpaired) electrons. The van der Waals surface area contributed by atoms with Gasteiger partial charge in [-0.2, -0.15) is 0 Å². The van der Waals surface area contributed by atoms with Crippen molar-refractivity contribution in [3.05, 3.63) is 23.4 Å². The minimum Gasteiger partial charge on any atom is -0.369 e. The lowest BCUT2D eigenvalue weighted by molar-refractivity contribution is 0.1000. The third kappa shape index (κ3) is 3.91. The fourth-order valence-corrected chi connectivity index (χ4v) is 2.45. The molecule has 0 unspecified atom stereocenters. The van der Waals surface area contributed by atoms with Crippen molar-refractivity contribution in [2.24, 2.45) is 5.73 Å². The Bertz CT molecular complexity index is 457. The molecule has 0 atom stereocenters. The highest BCUT2D eigenvalue weighted by molar-refractivity contribution is 5.98. The molecule has 1 aliphatic heterocycles. The average molecular weight is 277 g/mol. The fraction of sp³-hybridized carbons (Fsp3) is 0.571. The number of piperazine rings is 1. The van der Waals surface area contributed by atoms with Crippen LogP contribution in [0.15, 0.2) is 12.3 Å². The smallest absolute Gasteiger partial charge is 0.252 e. The van der Waals surface area contributed by atoms with Gasteiger partial charge >= 0.3 is 0 Å². The van der Waals surface area contributed by atoms with Gasteiger partial charge in [-0.05, 0) is 31.5 Å². The van der Waals surface area contributed by atoms with Crippen molar-refractivity contribution in [3.8, 4) is 0 Å². The van der Waals surface area contributed by atoms with Crippen molar-refractivity contribution >= 4 is 11.7 Å². The molecule has 0 spiro atoms. The van der Waals surface area contributed by atoms with Gasteiger partial charge in [-0.3, -0.25) is 4.79 Å². The lowest BCUT2D eigenvalue weighted by Gasteiger charge is -2.27. The SMILES string of the molecule is Cc1ccnc(NCCCN2CCNCC2)c1C(N)=O. The molecule has 0 aliphatic carbocycles. The van der Waals surface area contributed by atoms with Crippen molar-refractivity contribution in [1.29, 1.82) is 0 Å². The molecule has 1 fully saturated rings. The van der Waals surface area contributed by atoms with Crippen LogP contribution in [0.1, 0.15) is 22.3 Å². The molecule has 2 rings (SSSR count). The molecule has 1 aliphatic rings. The number of primary amides is 1. The predicted molar refractivity (Wildman–Crippen MR) is 79.9 cm³/mol. The standard InChI is InChI=1S/C14H23N5O/c1-11-3-5-18-14(12(11)13(15)20)17-4-2-8-19-9-6-16-7-10-19/h3,5,16H,2,4,6-10H2,1H3,(H2,15,20)(H,17,18). The number of aromatic nitrogens is 1. The Morgan fingerprint density at radius 1 is 1.50 bits per heavy atom. The zero-order chi connectivity index (χ0) is 14.4. The Labute approximate surface area is 119 Å². The molecule has 2 heterocycles. The number of rotatable bonds is 6. The van der Waals surface area contributed by atoms with E-state index >= 15 is 0 Å².